The molecule has 1 atom stereocenters. The number of hydrogen-bond donors (Lipinski definition) is 0. The lowest BCUT2D eigenvalue weighted by atomic mass is 10.00. The summed E-state index contributed by atoms with van der Waals surface area (Å²) in [7, 11) is 4.92. The fraction of sp³-hybridized carbons (Fsp3) is 0.429. The highest BCUT2D eigenvalue weighted by atomic mass is 16.7. The van der Waals surface area contributed by atoms with E-state index in [2.05, 4.69) is 6.58 Å². The maximum absolute atomic E-state index is 5.58. The number of methoxy groups -OCH3 is 3. The monoisotopic (exact) mass is 250 g/mol. The predicted octanol–water partition coefficient (Wildman–Crippen LogP) is 2.61. The Labute approximate surface area is 107 Å². The number of ether oxygens (including phenoxy) is 4. The number of allylic oxidation sites excluding steroid dienone is 1. The zero-order valence-electron chi connectivity index (χ0n) is 11.0. The number of benzene rings is 1. The molecule has 0 saturated carbocycles. The smallest absolute Gasteiger partial charge is 0.187 e. The van der Waals surface area contributed by atoms with Crippen molar-refractivity contribution in [2.24, 2.45) is 0 Å². The summed E-state index contributed by atoms with van der Waals surface area (Å²) >= 11 is 0. The second kappa shape index (κ2) is 5.42. The first-order valence-electron chi connectivity index (χ1n) is 5.78. The summed E-state index contributed by atoms with van der Waals surface area (Å²) in [5, 5.41) is 0. The first-order chi connectivity index (χ1) is 8.76. The molecule has 0 fully saturated rings. The van der Waals surface area contributed by atoms with Gasteiger partial charge in [-0.3, -0.25) is 0 Å². The molecular weight excluding hydrogens is 232 g/mol. The van der Waals surface area contributed by atoms with Crippen molar-refractivity contribution in [3.63, 3.8) is 0 Å². The Morgan fingerprint density at radius 1 is 1.39 bits per heavy atom. The van der Waals surface area contributed by atoms with Gasteiger partial charge in [-0.05, 0) is 12.5 Å². The van der Waals surface area contributed by atoms with E-state index < -0.39 is 6.29 Å². The van der Waals surface area contributed by atoms with Crippen LogP contribution in [0.3, 0.4) is 0 Å². The number of rotatable bonds is 5. The molecule has 0 spiro atoms. The van der Waals surface area contributed by atoms with Gasteiger partial charge in [0, 0.05) is 18.2 Å². The Hall–Kier alpha value is -1.52. The van der Waals surface area contributed by atoms with Gasteiger partial charge >= 0.3 is 0 Å². The molecule has 1 unspecified atom stereocenters. The molecule has 0 radical (unpaired) electrons. The van der Waals surface area contributed by atoms with Gasteiger partial charge in [-0.25, -0.2) is 0 Å². The minimum Gasteiger partial charge on any atom is -0.496 e. The number of hydrogen-bond acceptors (Lipinski definition) is 4. The van der Waals surface area contributed by atoms with Crippen LogP contribution in [-0.4, -0.2) is 21.3 Å². The van der Waals surface area contributed by atoms with Gasteiger partial charge in [-0.15, -0.1) is 6.58 Å². The lowest BCUT2D eigenvalue weighted by Gasteiger charge is -2.17. The highest BCUT2D eigenvalue weighted by Crippen LogP contribution is 2.44. The van der Waals surface area contributed by atoms with Gasteiger partial charge in [-0.1, -0.05) is 6.08 Å². The third kappa shape index (κ3) is 1.98. The van der Waals surface area contributed by atoms with Gasteiger partial charge in [0.25, 0.3) is 0 Å². The lowest BCUT2D eigenvalue weighted by Crippen LogP contribution is -2.04. The molecule has 1 aromatic rings. The normalized spacial score (nSPS) is 17.4. The molecule has 4 heteroatoms. The average Bonchev–Trinajstić information content (AvgIpc) is 2.82. The molecule has 1 aliphatic rings. The fourth-order valence-electron chi connectivity index (χ4n) is 2.31. The van der Waals surface area contributed by atoms with Gasteiger partial charge in [0.05, 0.1) is 26.4 Å². The van der Waals surface area contributed by atoms with E-state index in [-0.39, 0.29) is 0 Å². The van der Waals surface area contributed by atoms with Crippen LogP contribution < -0.4 is 9.47 Å². The van der Waals surface area contributed by atoms with Gasteiger partial charge in [0.1, 0.15) is 11.5 Å². The van der Waals surface area contributed by atoms with Crippen LogP contribution >= 0.6 is 0 Å². The summed E-state index contributed by atoms with van der Waals surface area (Å²) in [5.41, 5.74) is 2.95. The lowest BCUT2D eigenvalue weighted by molar-refractivity contribution is -0.118. The van der Waals surface area contributed by atoms with E-state index in [4.69, 9.17) is 18.9 Å². The molecule has 0 saturated heterocycles. The van der Waals surface area contributed by atoms with E-state index in [1.165, 1.54) is 0 Å². The second-order valence-corrected chi connectivity index (χ2v) is 4.03. The van der Waals surface area contributed by atoms with Crippen molar-refractivity contribution >= 4 is 0 Å². The Balaban J connectivity index is 2.62. The fourth-order valence-corrected chi connectivity index (χ4v) is 2.31. The first kappa shape index (κ1) is 12.9. The van der Waals surface area contributed by atoms with Crippen molar-refractivity contribution in [2.45, 2.75) is 19.3 Å². The zero-order valence-corrected chi connectivity index (χ0v) is 11.0. The molecule has 98 valence electrons. The first-order valence-corrected chi connectivity index (χ1v) is 5.78. The second-order valence-electron chi connectivity index (χ2n) is 4.03. The van der Waals surface area contributed by atoms with E-state index in [1.54, 1.807) is 21.3 Å². The summed E-state index contributed by atoms with van der Waals surface area (Å²) < 4.78 is 21.8. The van der Waals surface area contributed by atoms with Gasteiger partial charge in [0.2, 0.25) is 0 Å². The van der Waals surface area contributed by atoms with Crippen LogP contribution in [0.15, 0.2) is 18.7 Å². The van der Waals surface area contributed by atoms with Crippen molar-refractivity contribution in [1.29, 1.82) is 0 Å². The van der Waals surface area contributed by atoms with E-state index in [1.807, 2.05) is 12.1 Å². The van der Waals surface area contributed by atoms with Crippen molar-refractivity contribution < 1.29 is 18.9 Å². The van der Waals surface area contributed by atoms with Crippen LogP contribution in [0.4, 0.5) is 0 Å². The predicted molar refractivity (Wildman–Crippen MR) is 68.0 cm³/mol. The maximum Gasteiger partial charge on any atom is 0.187 e. The van der Waals surface area contributed by atoms with Crippen molar-refractivity contribution in [1.82, 2.24) is 0 Å². The third-order valence-electron chi connectivity index (χ3n) is 3.08. The van der Waals surface area contributed by atoms with Crippen LogP contribution in [-0.2, 0) is 22.5 Å². The number of fused-ring (bicyclic) bond motifs is 1. The molecular formula is C14H18O4. The summed E-state index contributed by atoms with van der Waals surface area (Å²) in [4.78, 5) is 0. The van der Waals surface area contributed by atoms with Crippen molar-refractivity contribution in [2.75, 3.05) is 21.3 Å². The summed E-state index contributed by atoms with van der Waals surface area (Å²) in [6, 6.07) is 1.97. The molecule has 0 aromatic heterocycles. The minimum atomic E-state index is -0.395. The summed E-state index contributed by atoms with van der Waals surface area (Å²) in [5.74, 6) is 1.61. The van der Waals surface area contributed by atoms with Crippen LogP contribution in [0, 0.1) is 0 Å². The van der Waals surface area contributed by atoms with Gasteiger partial charge in [0.15, 0.2) is 6.29 Å². The Bertz CT molecular complexity index is 454. The topological polar surface area (TPSA) is 36.9 Å². The molecule has 1 heterocycles. The highest BCUT2D eigenvalue weighted by molar-refractivity contribution is 5.56. The SMILES string of the molecule is C=CCc1cc(OC)c2c(c1OC)C(OC)OC2. The van der Waals surface area contributed by atoms with E-state index >= 15 is 0 Å². The molecule has 0 amide bonds. The Kier molecular flexibility index (Phi) is 3.89. The quantitative estimate of drug-likeness (QED) is 0.753. The van der Waals surface area contributed by atoms with Crippen LogP contribution in [0.25, 0.3) is 0 Å². The third-order valence-corrected chi connectivity index (χ3v) is 3.08. The Morgan fingerprint density at radius 2 is 2.17 bits per heavy atom. The Morgan fingerprint density at radius 3 is 2.72 bits per heavy atom. The molecule has 0 aliphatic carbocycles. The van der Waals surface area contributed by atoms with Crippen LogP contribution in [0.5, 0.6) is 11.5 Å². The summed E-state index contributed by atoms with van der Waals surface area (Å²) in [6.07, 6.45) is 2.15. The van der Waals surface area contributed by atoms with Crippen molar-refractivity contribution in [3.05, 3.63) is 35.4 Å². The van der Waals surface area contributed by atoms with E-state index in [0.717, 1.165) is 28.2 Å². The largest absolute Gasteiger partial charge is 0.496 e. The molecule has 0 N–H and O–H groups in total. The molecule has 2 rings (SSSR count). The maximum atomic E-state index is 5.58. The molecule has 1 aliphatic heterocycles. The van der Waals surface area contributed by atoms with E-state index in [9.17, 15) is 0 Å². The molecule has 1 aromatic carbocycles. The standard InChI is InChI=1S/C14H18O4/c1-5-6-9-7-11(15-2)10-8-18-14(17-4)12(10)13(9)16-3/h5,7,14H,1,6,8H2,2-4H3. The molecule has 4 nitrogen and oxygen atoms in total. The average molecular weight is 250 g/mol. The zero-order chi connectivity index (χ0) is 13.1. The molecule has 0 bridgehead atoms. The van der Waals surface area contributed by atoms with Crippen LogP contribution in [0.2, 0.25) is 0 Å². The summed E-state index contributed by atoms with van der Waals surface area (Å²) in [6.45, 7) is 4.23. The van der Waals surface area contributed by atoms with Crippen LogP contribution in [0.1, 0.15) is 23.0 Å². The van der Waals surface area contributed by atoms with Gasteiger partial charge < -0.3 is 18.9 Å². The van der Waals surface area contributed by atoms with Gasteiger partial charge in [-0.2, -0.15) is 0 Å². The van der Waals surface area contributed by atoms with E-state index in [0.29, 0.717) is 13.0 Å². The molecule has 18 heavy (non-hydrogen) atoms. The van der Waals surface area contributed by atoms with Crippen molar-refractivity contribution in [3.8, 4) is 11.5 Å². The highest BCUT2D eigenvalue weighted by Gasteiger charge is 2.31. The minimum absolute atomic E-state index is 0.395.